The van der Waals surface area contributed by atoms with Gasteiger partial charge in [-0.1, -0.05) is 137 Å². The summed E-state index contributed by atoms with van der Waals surface area (Å²) in [7, 11) is -4.63. The number of carbonyl (C=O) groups is 1. The van der Waals surface area contributed by atoms with Crippen LogP contribution in [0.1, 0.15) is 114 Å². The van der Waals surface area contributed by atoms with E-state index in [1.54, 1.807) is 0 Å². The Labute approximate surface area is 253 Å². The number of unbranched alkanes of at least 4 members (excludes halogenated alkanes) is 11. The highest BCUT2D eigenvalue weighted by Gasteiger charge is 2.20. The van der Waals surface area contributed by atoms with Gasteiger partial charge in [0.1, 0.15) is 0 Å². The number of phosphoric acid groups is 1. The summed E-state index contributed by atoms with van der Waals surface area (Å²) in [4.78, 5) is 30.9. The summed E-state index contributed by atoms with van der Waals surface area (Å²) in [5, 5.41) is 2.92. The number of rotatable bonds is 23. The second kappa shape index (κ2) is 22.1. The van der Waals surface area contributed by atoms with Crippen LogP contribution in [-0.4, -0.2) is 28.3 Å². The van der Waals surface area contributed by atoms with Crippen molar-refractivity contribution in [2.75, 3.05) is 6.61 Å². The molecule has 2 aromatic carbocycles. The number of benzene rings is 2. The fraction of sp³-hybridized carbons (Fsp3) is 0.514. The molecule has 0 saturated heterocycles. The molecule has 0 aliphatic rings. The number of amides is 1. The van der Waals surface area contributed by atoms with E-state index in [1.165, 1.54) is 51.4 Å². The van der Waals surface area contributed by atoms with E-state index in [4.69, 9.17) is 4.52 Å². The predicted molar refractivity (Wildman–Crippen MR) is 175 cm³/mol. The van der Waals surface area contributed by atoms with Crippen LogP contribution < -0.4 is 5.32 Å². The number of phosphoric ester groups is 1. The van der Waals surface area contributed by atoms with E-state index in [1.807, 2.05) is 66.7 Å². The molecule has 6 nitrogen and oxygen atoms in total. The van der Waals surface area contributed by atoms with E-state index >= 15 is 0 Å². The summed E-state index contributed by atoms with van der Waals surface area (Å²) in [6, 6.07) is 17.4. The third kappa shape index (κ3) is 18.8. The van der Waals surface area contributed by atoms with Crippen LogP contribution in [0, 0.1) is 0 Å². The number of hydrogen-bond donors (Lipinski definition) is 3. The molecule has 1 atom stereocenters. The first-order valence-corrected chi connectivity index (χ1v) is 17.4. The van der Waals surface area contributed by atoms with Crippen LogP contribution in [0.3, 0.4) is 0 Å². The minimum atomic E-state index is -4.63. The Morgan fingerprint density at radius 3 is 1.93 bits per heavy atom. The molecule has 0 aliphatic heterocycles. The van der Waals surface area contributed by atoms with Crippen LogP contribution in [0.4, 0.5) is 0 Å². The Bertz CT molecular complexity index is 1080. The fourth-order valence-electron chi connectivity index (χ4n) is 4.80. The Morgan fingerprint density at radius 1 is 0.786 bits per heavy atom. The van der Waals surface area contributed by atoms with Crippen LogP contribution in [0.15, 0.2) is 66.7 Å². The molecule has 0 heterocycles. The highest BCUT2D eigenvalue weighted by molar-refractivity contribution is 7.46. The summed E-state index contributed by atoms with van der Waals surface area (Å²) >= 11 is 0. The predicted octanol–water partition coefficient (Wildman–Crippen LogP) is 9.03. The van der Waals surface area contributed by atoms with Crippen molar-refractivity contribution in [1.29, 1.82) is 0 Å². The van der Waals surface area contributed by atoms with E-state index < -0.39 is 13.9 Å². The van der Waals surface area contributed by atoms with Gasteiger partial charge >= 0.3 is 7.82 Å². The van der Waals surface area contributed by atoms with Crippen LogP contribution in [0.5, 0.6) is 0 Å². The third-order valence-corrected chi connectivity index (χ3v) is 7.69. The zero-order valence-electron chi connectivity index (χ0n) is 25.5. The monoisotopic (exact) mass is 597 g/mol. The van der Waals surface area contributed by atoms with Gasteiger partial charge in [0.25, 0.3) is 0 Å². The molecule has 0 spiro atoms. The lowest BCUT2D eigenvalue weighted by Crippen LogP contribution is -2.39. The van der Waals surface area contributed by atoms with Crippen molar-refractivity contribution in [2.24, 2.45) is 0 Å². The summed E-state index contributed by atoms with van der Waals surface area (Å²) in [6.07, 6.45) is 25.1. The van der Waals surface area contributed by atoms with Crippen molar-refractivity contribution in [2.45, 2.75) is 109 Å². The topological polar surface area (TPSA) is 95.9 Å². The molecule has 232 valence electrons. The van der Waals surface area contributed by atoms with Crippen molar-refractivity contribution in [1.82, 2.24) is 5.32 Å². The van der Waals surface area contributed by atoms with Crippen molar-refractivity contribution < 1.29 is 23.7 Å². The molecular formula is C35H52NO5P. The van der Waals surface area contributed by atoms with Gasteiger partial charge in [0.2, 0.25) is 5.91 Å². The zero-order valence-corrected chi connectivity index (χ0v) is 26.4. The largest absolute Gasteiger partial charge is 0.469 e. The molecule has 1 amide bonds. The van der Waals surface area contributed by atoms with Gasteiger partial charge < -0.3 is 15.1 Å². The van der Waals surface area contributed by atoms with Gasteiger partial charge in [0.05, 0.1) is 12.6 Å². The molecule has 2 rings (SSSR count). The van der Waals surface area contributed by atoms with Crippen molar-refractivity contribution in [3.05, 3.63) is 83.4 Å². The Kier molecular flexibility index (Phi) is 18.8. The molecule has 0 aliphatic carbocycles. The highest BCUT2D eigenvalue weighted by Crippen LogP contribution is 2.35. The lowest BCUT2D eigenvalue weighted by molar-refractivity contribution is -0.122. The summed E-state index contributed by atoms with van der Waals surface area (Å²) in [5.41, 5.74) is 3.11. The van der Waals surface area contributed by atoms with Crippen LogP contribution in [-0.2, 0) is 20.3 Å². The number of allylic oxidation sites excluding steroid dienone is 2. The van der Waals surface area contributed by atoms with Crippen molar-refractivity contribution >= 4 is 25.9 Å². The normalized spacial score (nSPS) is 12.7. The van der Waals surface area contributed by atoms with Gasteiger partial charge in [-0.15, -0.1) is 0 Å². The van der Waals surface area contributed by atoms with E-state index in [0.717, 1.165) is 48.8 Å². The molecule has 0 radical (unpaired) electrons. The molecular weight excluding hydrogens is 545 g/mol. The molecule has 0 saturated carbocycles. The summed E-state index contributed by atoms with van der Waals surface area (Å²) in [6.45, 7) is 2.00. The first-order valence-electron chi connectivity index (χ1n) is 15.8. The maximum atomic E-state index is 12.6. The van der Waals surface area contributed by atoms with Gasteiger partial charge in [-0.3, -0.25) is 9.32 Å². The Morgan fingerprint density at radius 2 is 1.33 bits per heavy atom. The van der Waals surface area contributed by atoms with E-state index in [2.05, 4.69) is 24.4 Å². The average Bonchev–Trinajstić information content (AvgIpc) is 2.97. The van der Waals surface area contributed by atoms with Crippen LogP contribution in [0.2, 0.25) is 0 Å². The maximum absolute atomic E-state index is 12.6. The quantitative estimate of drug-likeness (QED) is 0.0514. The van der Waals surface area contributed by atoms with Gasteiger partial charge in [0, 0.05) is 6.42 Å². The number of hydrogen-bond acceptors (Lipinski definition) is 3. The molecule has 42 heavy (non-hydrogen) atoms. The lowest BCUT2D eigenvalue weighted by Gasteiger charge is -2.19. The van der Waals surface area contributed by atoms with E-state index in [0.29, 0.717) is 12.8 Å². The van der Waals surface area contributed by atoms with Crippen molar-refractivity contribution in [3.8, 4) is 0 Å². The third-order valence-electron chi connectivity index (χ3n) is 7.20. The Balaban J connectivity index is 1.66. The Hall–Kier alpha value is -2.50. The smallest absolute Gasteiger partial charge is 0.351 e. The second-order valence-electron chi connectivity index (χ2n) is 11.1. The summed E-state index contributed by atoms with van der Waals surface area (Å²) < 4.78 is 16.0. The maximum Gasteiger partial charge on any atom is 0.469 e. The zero-order chi connectivity index (χ0) is 30.3. The van der Waals surface area contributed by atoms with E-state index in [-0.39, 0.29) is 12.5 Å². The SMILES string of the molecule is CCCCCCCC/C=C\CCCCCCCC(=O)N[C@@H](COP(=O)(O)O)Cc1ccc(/C=C/c2ccccc2)cc1. The minimum Gasteiger partial charge on any atom is -0.351 e. The second-order valence-corrected chi connectivity index (χ2v) is 12.3. The summed E-state index contributed by atoms with van der Waals surface area (Å²) in [5.74, 6) is -0.116. The highest BCUT2D eigenvalue weighted by atomic mass is 31.2. The molecule has 3 N–H and O–H groups in total. The first kappa shape index (κ1) is 35.7. The van der Waals surface area contributed by atoms with Gasteiger partial charge in [-0.25, -0.2) is 4.57 Å². The van der Waals surface area contributed by atoms with Crippen LogP contribution >= 0.6 is 7.82 Å². The molecule has 0 aromatic heterocycles. The van der Waals surface area contributed by atoms with Gasteiger partial charge in [0.15, 0.2) is 0 Å². The standard InChI is InChI=1S/C35H52NO5P/c1-2-3-4-5-6-7-8-9-10-11-12-13-14-15-19-22-35(37)36-34(30-41-42(38,39)40)29-33-27-25-32(26-28-33)24-23-31-20-17-16-18-21-31/h9-10,16-18,20-21,23-28,34H,2-8,11-15,19,22,29-30H2,1H3,(H,36,37)(H2,38,39,40)/b10-9-,24-23+/t34-/m1/s1. The molecule has 7 heteroatoms. The average molecular weight is 598 g/mol. The van der Waals surface area contributed by atoms with Gasteiger partial charge in [-0.2, -0.15) is 0 Å². The molecule has 0 fully saturated rings. The number of nitrogens with one attached hydrogen (secondary N) is 1. The lowest BCUT2D eigenvalue weighted by atomic mass is 10.0. The first-order chi connectivity index (χ1) is 20.4. The van der Waals surface area contributed by atoms with Crippen LogP contribution in [0.25, 0.3) is 12.2 Å². The molecule has 0 unspecified atom stereocenters. The van der Waals surface area contributed by atoms with E-state index in [9.17, 15) is 19.1 Å². The minimum absolute atomic E-state index is 0.116. The fourth-order valence-corrected chi connectivity index (χ4v) is 5.17. The number of carbonyl (C=O) groups excluding carboxylic acids is 1. The van der Waals surface area contributed by atoms with Gasteiger partial charge in [-0.05, 0) is 55.2 Å². The van der Waals surface area contributed by atoms with Crippen molar-refractivity contribution in [3.63, 3.8) is 0 Å². The molecule has 0 bridgehead atoms. The molecule has 2 aromatic rings.